The van der Waals surface area contributed by atoms with E-state index in [-0.39, 0.29) is 18.7 Å². The maximum atomic E-state index is 14.0. The Kier molecular flexibility index (Phi) is 9.52. The maximum absolute atomic E-state index is 14.0. The molecule has 250 valence electrons. The molecule has 46 heavy (non-hydrogen) atoms. The summed E-state index contributed by atoms with van der Waals surface area (Å²) in [5, 5.41) is 78.2. The molecule has 4 rings (SSSR count). The number of nitrogens with one attached hydrogen (secondary N) is 1. The second kappa shape index (κ2) is 12.9. The molecule has 6 atom stereocenters. The quantitative estimate of drug-likeness (QED) is 0.0681. The minimum atomic E-state index is -3.09. The van der Waals surface area contributed by atoms with E-state index in [1.807, 2.05) is 0 Å². The lowest BCUT2D eigenvalue weighted by molar-refractivity contribution is -0.758. The van der Waals surface area contributed by atoms with Gasteiger partial charge in [0, 0.05) is 24.6 Å². The molecule has 3 aliphatic rings. The van der Waals surface area contributed by atoms with Crippen LogP contribution in [0.3, 0.4) is 0 Å². The van der Waals surface area contributed by atoms with Gasteiger partial charge in [0.1, 0.15) is 36.1 Å². The SMILES string of the molecule is C[C@H]1c2cccc(O)c2C(=O)C2=C(O)[C@]3(O)C(=O)C(C(=O)NCN(CCO[N+](=O)[O-])CCO[N+](=O)[O-])=C(O)[C@@H](N(C)C)[C@@H]3[C@@H](O)[C@@H]21. The van der Waals surface area contributed by atoms with Crippen LogP contribution >= 0.6 is 0 Å². The van der Waals surface area contributed by atoms with Gasteiger partial charge in [-0.1, -0.05) is 19.1 Å². The number of aliphatic hydroxyl groups excluding tert-OH is 3. The predicted molar refractivity (Wildman–Crippen MR) is 151 cm³/mol. The zero-order chi connectivity index (χ0) is 34.2. The van der Waals surface area contributed by atoms with Crippen molar-refractivity contribution in [3.63, 3.8) is 0 Å². The first-order valence-corrected chi connectivity index (χ1v) is 14.0. The third-order valence-corrected chi connectivity index (χ3v) is 8.65. The van der Waals surface area contributed by atoms with Crippen molar-refractivity contribution >= 4 is 17.5 Å². The van der Waals surface area contributed by atoms with Gasteiger partial charge >= 0.3 is 0 Å². The average molecular weight is 652 g/mol. The fraction of sp³-hybridized carbons (Fsp3) is 0.519. The number of nitrogens with zero attached hydrogens (tertiary/aromatic N) is 4. The van der Waals surface area contributed by atoms with E-state index in [4.69, 9.17) is 0 Å². The summed E-state index contributed by atoms with van der Waals surface area (Å²) in [6, 6.07) is 2.85. The third kappa shape index (κ3) is 5.68. The van der Waals surface area contributed by atoms with Crippen LogP contribution < -0.4 is 5.32 Å². The highest BCUT2D eigenvalue weighted by Crippen LogP contribution is 2.55. The summed E-state index contributed by atoms with van der Waals surface area (Å²) in [5.41, 5.74) is -4.46. The second-order valence-corrected chi connectivity index (χ2v) is 11.3. The first-order chi connectivity index (χ1) is 21.5. The molecule has 0 spiro atoms. The van der Waals surface area contributed by atoms with Gasteiger partial charge < -0.3 is 40.5 Å². The summed E-state index contributed by atoms with van der Waals surface area (Å²) < 4.78 is 0. The summed E-state index contributed by atoms with van der Waals surface area (Å²) in [5.74, 6) is -9.74. The van der Waals surface area contributed by atoms with Crippen molar-refractivity contribution < 1.29 is 59.8 Å². The number of carbonyl (C=O) groups excluding carboxylic acids is 3. The number of carbonyl (C=O) groups is 3. The number of rotatable bonds is 12. The Labute approximate surface area is 260 Å². The predicted octanol–water partition coefficient (Wildman–Crippen LogP) is -1.04. The van der Waals surface area contributed by atoms with E-state index in [1.165, 1.54) is 36.0 Å². The molecule has 0 radical (unpaired) electrons. The number of phenols is 1. The van der Waals surface area contributed by atoms with E-state index in [2.05, 4.69) is 15.0 Å². The Balaban J connectivity index is 1.73. The van der Waals surface area contributed by atoms with Crippen LogP contribution in [0.25, 0.3) is 0 Å². The van der Waals surface area contributed by atoms with Gasteiger partial charge in [0.25, 0.3) is 16.1 Å². The van der Waals surface area contributed by atoms with Crippen molar-refractivity contribution in [3.05, 3.63) is 72.2 Å². The van der Waals surface area contributed by atoms with Crippen molar-refractivity contribution in [2.24, 2.45) is 11.8 Å². The van der Waals surface area contributed by atoms with Gasteiger partial charge in [-0.15, -0.1) is 20.2 Å². The van der Waals surface area contributed by atoms with Crippen LogP contribution in [0.1, 0.15) is 28.8 Å². The van der Waals surface area contributed by atoms with E-state index in [1.54, 1.807) is 13.0 Å². The number of Topliss-reactive ketones (excluding diaryl/α,β-unsaturated/α-hetero) is 2. The van der Waals surface area contributed by atoms with Gasteiger partial charge in [-0.2, -0.15) is 0 Å². The summed E-state index contributed by atoms with van der Waals surface area (Å²) >= 11 is 0. The Morgan fingerprint density at radius 3 is 2.20 bits per heavy atom. The van der Waals surface area contributed by atoms with Crippen molar-refractivity contribution in [1.29, 1.82) is 0 Å². The number of hydrogen-bond donors (Lipinski definition) is 6. The zero-order valence-electron chi connectivity index (χ0n) is 24.9. The second-order valence-electron chi connectivity index (χ2n) is 11.3. The highest BCUT2D eigenvalue weighted by molar-refractivity contribution is 6.25. The molecule has 1 aromatic rings. The zero-order valence-corrected chi connectivity index (χ0v) is 24.9. The summed E-state index contributed by atoms with van der Waals surface area (Å²) in [6.07, 6.45) is -1.73. The van der Waals surface area contributed by atoms with Gasteiger partial charge in [0.05, 0.1) is 30.3 Å². The standard InChI is InChI=1S/C27H33N5O14/c1-12-13-5-4-6-14(33)16(13)21(34)17-15(12)22(35)19-20(29(2)3)23(36)18(25(38)27(19,40)24(17)37)26(39)28-11-30(7-9-45-31(41)42)8-10-46-32(43)44/h4-6,12,15,19-20,22,33,35-37,40H,7-11H2,1-3H3,(H,28,39)/t12-,15+,19+,20-,22-,27-/m0/s1. The van der Waals surface area contributed by atoms with E-state index in [0.29, 0.717) is 5.56 Å². The molecule has 0 fully saturated rings. The van der Waals surface area contributed by atoms with Crippen LogP contribution in [0.15, 0.2) is 40.9 Å². The fourth-order valence-corrected chi connectivity index (χ4v) is 6.59. The lowest BCUT2D eigenvalue weighted by atomic mass is 9.55. The lowest BCUT2D eigenvalue weighted by Crippen LogP contribution is -2.68. The molecule has 19 nitrogen and oxygen atoms in total. The number of hydrogen-bond acceptors (Lipinski definition) is 16. The minimum Gasteiger partial charge on any atom is -0.510 e. The molecule has 1 amide bonds. The molecule has 19 heteroatoms. The van der Waals surface area contributed by atoms with Crippen LogP contribution in [0.5, 0.6) is 5.75 Å². The van der Waals surface area contributed by atoms with E-state index < -0.39 is 111 Å². The molecular weight excluding hydrogens is 618 g/mol. The molecule has 0 aliphatic heterocycles. The maximum Gasteiger partial charge on any atom is 0.294 e. The average Bonchev–Trinajstić information content (AvgIpc) is 2.97. The van der Waals surface area contributed by atoms with Gasteiger partial charge in [0.2, 0.25) is 5.78 Å². The van der Waals surface area contributed by atoms with E-state index in [9.17, 15) is 60.1 Å². The highest BCUT2D eigenvalue weighted by Gasteiger charge is 2.67. The Hall–Kier alpha value is -4.85. The van der Waals surface area contributed by atoms with Crippen LogP contribution in [0.2, 0.25) is 0 Å². The summed E-state index contributed by atoms with van der Waals surface area (Å²) in [4.78, 5) is 73.1. The molecule has 0 unspecified atom stereocenters. The number of ketones is 2. The molecular formula is C27H33N5O14. The number of amides is 1. The first-order valence-electron chi connectivity index (χ1n) is 14.0. The lowest BCUT2D eigenvalue weighted by Gasteiger charge is -2.53. The van der Waals surface area contributed by atoms with Crippen molar-refractivity contribution in [2.45, 2.75) is 30.6 Å². The molecule has 0 bridgehead atoms. The number of aromatic hydroxyl groups is 1. The van der Waals surface area contributed by atoms with Gasteiger partial charge in [0.15, 0.2) is 11.4 Å². The molecule has 0 saturated carbocycles. The fourth-order valence-electron chi connectivity index (χ4n) is 6.59. The minimum absolute atomic E-state index is 0.187. The van der Waals surface area contributed by atoms with Crippen molar-refractivity contribution in [1.82, 2.24) is 15.1 Å². The van der Waals surface area contributed by atoms with Gasteiger partial charge in [-0.05, 0) is 31.6 Å². The Bertz CT molecular complexity index is 1510. The number of likely N-dealkylation sites (N-methyl/N-ethyl adjacent to an activating group) is 1. The van der Waals surface area contributed by atoms with Crippen LogP contribution in [0.4, 0.5) is 0 Å². The van der Waals surface area contributed by atoms with Crippen LogP contribution in [-0.4, -0.2) is 128 Å². The number of fused-ring (bicyclic) bond motifs is 3. The van der Waals surface area contributed by atoms with E-state index in [0.717, 1.165) is 0 Å². The van der Waals surface area contributed by atoms with Crippen LogP contribution in [0, 0.1) is 32.1 Å². The molecule has 0 heterocycles. The van der Waals surface area contributed by atoms with E-state index >= 15 is 0 Å². The van der Waals surface area contributed by atoms with Crippen molar-refractivity contribution in [2.75, 3.05) is 47.1 Å². The largest absolute Gasteiger partial charge is 0.510 e. The molecule has 6 N–H and O–H groups in total. The monoisotopic (exact) mass is 651 g/mol. The molecule has 3 aliphatic carbocycles. The molecule has 0 saturated heterocycles. The van der Waals surface area contributed by atoms with Gasteiger partial charge in [-0.3, -0.25) is 24.2 Å². The summed E-state index contributed by atoms with van der Waals surface area (Å²) in [7, 11) is 2.84. The Morgan fingerprint density at radius 2 is 1.65 bits per heavy atom. The Morgan fingerprint density at radius 1 is 1.07 bits per heavy atom. The third-order valence-electron chi connectivity index (χ3n) is 8.65. The summed E-state index contributed by atoms with van der Waals surface area (Å²) in [6.45, 7) is -0.401. The normalized spacial score (nSPS) is 27.2. The molecule has 0 aromatic heterocycles. The van der Waals surface area contributed by atoms with Crippen molar-refractivity contribution in [3.8, 4) is 5.75 Å². The van der Waals surface area contributed by atoms with Gasteiger partial charge in [-0.25, -0.2) is 0 Å². The van der Waals surface area contributed by atoms with Crippen LogP contribution in [-0.2, 0) is 19.3 Å². The highest BCUT2D eigenvalue weighted by atomic mass is 17.0. The number of benzene rings is 1. The smallest absolute Gasteiger partial charge is 0.294 e. The first kappa shape index (κ1) is 34.0. The topological polar surface area (TPSA) is 276 Å². The number of aliphatic hydroxyl groups is 4. The molecule has 1 aromatic carbocycles. The number of phenolic OH excluding ortho intramolecular Hbond substituents is 1.